The summed E-state index contributed by atoms with van der Waals surface area (Å²) in [4.78, 5) is 25.5. The van der Waals surface area contributed by atoms with E-state index in [9.17, 15) is 19.3 Å². The summed E-state index contributed by atoms with van der Waals surface area (Å²) in [5, 5.41) is 13.1. The van der Waals surface area contributed by atoms with Gasteiger partial charge in [-0.2, -0.15) is 0 Å². The first-order chi connectivity index (χ1) is 9.47. The van der Waals surface area contributed by atoms with E-state index in [-0.39, 0.29) is 16.3 Å². The first kappa shape index (κ1) is 13.9. The van der Waals surface area contributed by atoms with Crippen molar-refractivity contribution in [2.75, 3.05) is 5.32 Å². The Morgan fingerprint density at radius 1 is 1.40 bits per heavy atom. The molecule has 0 fully saturated rings. The molecule has 0 bridgehead atoms. The number of carbonyl (C=O) groups is 1. The SMILES string of the molecule is O=C(Nc1cc(F)cc([N+](=O)[O-])c1)c1cnccc1Cl. The Morgan fingerprint density at radius 2 is 2.15 bits per heavy atom. The van der Waals surface area contributed by atoms with E-state index in [0.717, 1.165) is 18.2 Å². The fraction of sp³-hybridized carbons (Fsp3) is 0. The predicted octanol–water partition coefficient (Wildman–Crippen LogP) is 3.03. The van der Waals surface area contributed by atoms with Crippen molar-refractivity contribution in [3.63, 3.8) is 0 Å². The maximum Gasteiger partial charge on any atom is 0.274 e. The topological polar surface area (TPSA) is 85.1 Å². The summed E-state index contributed by atoms with van der Waals surface area (Å²) >= 11 is 5.82. The van der Waals surface area contributed by atoms with Crippen LogP contribution in [0.25, 0.3) is 0 Å². The number of halogens is 2. The van der Waals surface area contributed by atoms with Crippen molar-refractivity contribution in [1.82, 2.24) is 4.98 Å². The number of nitrogens with one attached hydrogen (secondary N) is 1. The molecule has 0 radical (unpaired) electrons. The molecule has 0 aliphatic heterocycles. The van der Waals surface area contributed by atoms with Crippen LogP contribution in [0.4, 0.5) is 15.8 Å². The molecule has 20 heavy (non-hydrogen) atoms. The van der Waals surface area contributed by atoms with E-state index >= 15 is 0 Å². The number of nitro groups is 1. The molecular weight excluding hydrogens is 289 g/mol. The van der Waals surface area contributed by atoms with Crippen LogP contribution in [0, 0.1) is 15.9 Å². The Bertz CT molecular complexity index is 693. The summed E-state index contributed by atoms with van der Waals surface area (Å²) in [5.41, 5.74) is -0.416. The summed E-state index contributed by atoms with van der Waals surface area (Å²) in [6.45, 7) is 0. The first-order valence-electron chi connectivity index (χ1n) is 5.33. The maximum absolute atomic E-state index is 13.2. The van der Waals surface area contributed by atoms with E-state index in [1.54, 1.807) is 0 Å². The zero-order valence-corrected chi connectivity index (χ0v) is 10.6. The van der Waals surface area contributed by atoms with Crippen LogP contribution in [0.1, 0.15) is 10.4 Å². The van der Waals surface area contributed by atoms with Gasteiger partial charge < -0.3 is 5.32 Å². The van der Waals surface area contributed by atoms with Crippen LogP contribution in [-0.2, 0) is 0 Å². The number of benzene rings is 1. The van der Waals surface area contributed by atoms with Crippen LogP contribution >= 0.6 is 11.6 Å². The molecule has 0 unspecified atom stereocenters. The van der Waals surface area contributed by atoms with Crippen molar-refractivity contribution in [3.05, 3.63) is 63.2 Å². The third kappa shape index (κ3) is 3.07. The highest BCUT2D eigenvalue weighted by Crippen LogP contribution is 2.21. The number of amides is 1. The smallest absolute Gasteiger partial charge is 0.274 e. The molecule has 0 saturated heterocycles. The van der Waals surface area contributed by atoms with Gasteiger partial charge in [-0.05, 0) is 12.1 Å². The second-order valence-electron chi connectivity index (χ2n) is 3.76. The molecule has 0 aliphatic rings. The van der Waals surface area contributed by atoms with E-state index < -0.39 is 22.3 Å². The third-order valence-electron chi connectivity index (χ3n) is 2.36. The number of hydrogen-bond acceptors (Lipinski definition) is 4. The molecule has 1 amide bonds. The number of pyridine rings is 1. The minimum absolute atomic E-state index is 0.0402. The number of carbonyl (C=O) groups excluding carboxylic acids is 1. The summed E-state index contributed by atoms with van der Waals surface area (Å²) in [5.74, 6) is -1.46. The van der Waals surface area contributed by atoms with Gasteiger partial charge in [-0.15, -0.1) is 0 Å². The minimum atomic E-state index is -0.827. The Morgan fingerprint density at radius 3 is 2.80 bits per heavy atom. The summed E-state index contributed by atoms with van der Waals surface area (Å²) < 4.78 is 13.2. The Hall–Kier alpha value is -2.54. The molecule has 6 nitrogen and oxygen atoms in total. The van der Waals surface area contributed by atoms with Crippen molar-refractivity contribution >= 4 is 28.9 Å². The second kappa shape index (κ2) is 5.62. The van der Waals surface area contributed by atoms with Crippen LogP contribution in [0.2, 0.25) is 5.02 Å². The average Bonchev–Trinajstić information content (AvgIpc) is 2.38. The van der Waals surface area contributed by atoms with Gasteiger partial charge in [0.25, 0.3) is 11.6 Å². The van der Waals surface area contributed by atoms with Gasteiger partial charge in [0.05, 0.1) is 27.3 Å². The highest BCUT2D eigenvalue weighted by molar-refractivity contribution is 6.34. The fourth-order valence-corrected chi connectivity index (χ4v) is 1.69. The Kier molecular flexibility index (Phi) is 3.90. The van der Waals surface area contributed by atoms with Crippen molar-refractivity contribution in [2.45, 2.75) is 0 Å². The van der Waals surface area contributed by atoms with E-state index in [0.29, 0.717) is 0 Å². The Balaban J connectivity index is 2.28. The second-order valence-corrected chi connectivity index (χ2v) is 4.17. The molecule has 1 N–H and O–H groups in total. The van der Waals surface area contributed by atoms with Crippen molar-refractivity contribution < 1.29 is 14.1 Å². The van der Waals surface area contributed by atoms with Gasteiger partial charge in [0, 0.05) is 18.5 Å². The van der Waals surface area contributed by atoms with Crippen LogP contribution < -0.4 is 5.32 Å². The van der Waals surface area contributed by atoms with Crippen LogP contribution in [0.15, 0.2) is 36.7 Å². The van der Waals surface area contributed by atoms with E-state index in [2.05, 4.69) is 10.3 Å². The van der Waals surface area contributed by atoms with Crippen molar-refractivity contribution in [2.24, 2.45) is 0 Å². The molecule has 0 saturated carbocycles. The average molecular weight is 296 g/mol. The molecule has 1 aromatic carbocycles. The van der Waals surface area contributed by atoms with Gasteiger partial charge in [-0.25, -0.2) is 4.39 Å². The lowest BCUT2D eigenvalue weighted by Crippen LogP contribution is -2.13. The molecule has 1 aromatic heterocycles. The van der Waals surface area contributed by atoms with Crippen LogP contribution in [0.3, 0.4) is 0 Å². The van der Waals surface area contributed by atoms with E-state index in [1.807, 2.05) is 0 Å². The van der Waals surface area contributed by atoms with E-state index in [4.69, 9.17) is 11.6 Å². The van der Waals surface area contributed by atoms with Crippen molar-refractivity contribution in [3.8, 4) is 0 Å². The lowest BCUT2D eigenvalue weighted by molar-refractivity contribution is -0.385. The van der Waals surface area contributed by atoms with Crippen LogP contribution in [0.5, 0.6) is 0 Å². The summed E-state index contributed by atoms with van der Waals surface area (Å²) in [6, 6.07) is 4.19. The minimum Gasteiger partial charge on any atom is -0.322 e. The predicted molar refractivity (Wildman–Crippen MR) is 70.3 cm³/mol. The number of nitrogens with zero attached hydrogens (tertiary/aromatic N) is 2. The third-order valence-corrected chi connectivity index (χ3v) is 2.69. The van der Waals surface area contributed by atoms with Gasteiger partial charge in [-0.1, -0.05) is 11.6 Å². The summed E-state index contributed by atoms with van der Waals surface area (Å²) in [7, 11) is 0. The highest BCUT2D eigenvalue weighted by atomic mass is 35.5. The van der Waals surface area contributed by atoms with Crippen LogP contribution in [-0.4, -0.2) is 15.8 Å². The number of anilines is 1. The van der Waals surface area contributed by atoms with Gasteiger partial charge in [0.15, 0.2) is 0 Å². The molecule has 102 valence electrons. The largest absolute Gasteiger partial charge is 0.322 e. The fourth-order valence-electron chi connectivity index (χ4n) is 1.49. The summed E-state index contributed by atoms with van der Waals surface area (Å²) in [6.07, 6.45) is 2.65. The standard InChI is InChI=1S/C12H7ClFN3O3/c13-11-1-2-15-6-10(11)12(18)16-8-3-7(14)4-9(5-8)17(19)20/h1-6H,(H,16,18). The van der Waals surface area contributed by atoms with Crippen molar-refractivity contribution in [1.29, 1.82) is 0 Å². The maximum atomic E-state index is 13.2. The Labute approximate surface area is 117 Å². The van der Waals surface area contributed by atoms with E-state index in [1.165, 1.54) is 18.5 Å². The zero-order valence-electron chi connectivity index (χ0n) is 9.84. The number of hydrogen-bond donors (Lipinski definition) is 1. The monoisotopic (exact) mass is 295 g/mol. The number of aromatic nitrogens is 1. The van der Waals surface area contributed by atoms with Gasteiger partial charge in [0.1, 0.15) is 5.82 Å². The number of rotatable bonds is 3. The molecule has 8 heteroatoms. The molecular formula is C12H7ClFN3O3. The molecule has 0 spiro atoms. The molecule has 2 aromatic rings. The first-order valence-corrected chi connectivity index (χ1v) is 5.71. The van der Waals surface area contributed by atoms with Gasteiger partial charge in [-0.3, -0.25) is 19.9 Å². The normalized spacial score (nSPS) is 10.1. The van der Waals surface area contributed by atoms with Gasteiger partial charge >= 0.3 is 0 Å². The molecule has 2 rings (SSSR count). The molecule has 0 atom stereocenters. The number of non-ortho nitro benzene ring substituents is 1. The highest BCUT2D eigenvalue weighted by Gasteiger charge is 2.14. The molecule has 0 aliphatic carbocycles. The van der Waals surface area contributed by atoms with Gasteiger partial charge in [0.2, 0.25) is 0 Å². The number of nitro benzene ring substituents is 1. The zero-order chi connectivity index (χ0) is 14.7. The molecule has 1 heterocycles. The lowest BCUT2D eigenvalue weighted by Gasteiger charge is -2.06. The quantitative estimate of drug-likeness (QED) is 0.696. The lowest BCUT2D eigenvalue weighted by atomic mass is 10.2.